The molecule has 2 heterocycles. The lowest BCUT2D eigenvalue weighted by molar-refractivity contribution is 0.0431. The van der Waals surface area contributed by atoms with E-state index in [4.69, 9.17) is 22.1 Å². The number of carbonyl (C=O) groups excluding carboxylic acids is 1. The van der Waals surface area contributed by atoms with E-state index in [1.54, 1.807) is 6.07 Å². The Balaban J connectivity index is 1.82. The second-order valence-corrected chi connectivity index (χ2v) is 8.39. The van der Waals surface area contributed by atoms with Crippen LogP contribution in [0.2, 0.25) is 5.15 Å². The highest BCUT2D eigenvalue weighted by atomic mass is 35.5. The number of piperidine rings is 1. The molecule has 1 aromatic carbocycles. The van der Waals surface area contributed by atoms with E-state index in [1.807, 2.05) is 51.1 Å². The number of ether oxygens (including phenoxy) is 1. The maximum Gasteiger partial charge on any atom is 0.408 e. The lowest BCUT2D eigenvalue weighted by Gasteiger charge is -2.43. The standard InChI is InChI=1S/C20H26ClN5O2/c1-19(2,3)28-18(27)23-20(14-7-5-4-6-8-14)9-11-26(12-10-20)15-13-16(21)24-25-17(15)22/h4-8,13H,9-12H2,1-3H3,(H2,22,25)(H,23,27). The van der Waals surface area contributed by atoms with Gasteiger partial charge >= 0.3 is 6.09 Å². The van der Waals surface area contributed by atoms with E-state index in [-0.39, 0.29) is 0 Å². The molecule has 1 fully saturated rings. The van der Waals surface area contributed by atoms with Crippen LogP contribution in [0.15, 0.2) is 36.4 Å². The van der Waals surface area contributed by atoms with Crippen LogP contribution in [0.5, 0.6) is 0 Å². The number of nitrogens with two attached hydrogens (primary N) is 1. The van der Waals surface area contributed by atoms with Crippen LogP contribution in [0.1, 0.15) is 39.2 Å². The first kappa shape index (κ1) is 20.2. The minimum absolute atomic E-state index is 0.302. The van der Waals surface area contributed by atoms with Gasteiger partial charge in [0.1, 0.15) is 5.60 Å². The summed E-state index contributed by atoms with van der Waals surface area (Å²) in [5, 5.41) is 11.1. The molecule has 0 aliphatic carbocycles. The number of nitrogens with zero attached hydrogens (tertiary/aromatic N) is 3. The molecule has 0 radical (unpaired) electrons. The van der Waals surface area contributed by atoms with Crippen LogP contribution >= 0.6 is 11.6 Å². The zero-order valence-electron chi connectivity index (χ0n) is 16.4. The SMILES string of the molecule is CC(C)(C)OC(=O)NC1(c2ccccc2)CCN(c2cc(Cl)nnc2N)CC1. The maximum atomic E-state index is 12.6. The molecule has 0 bridgehead atoms. The van der Waals surface area contributed by atoms with Crippen molar-refractivity contribution in [1.29, 1.82) is 0 Å². The number of halogens is 1. The molecule has 0 saturated carbocycles. The van der Waals surface area contributed by atoms with Gasteiger partial charge in [-0.05, 0) is 39.2 Å². The third kappa shape index (κ3) is 4.65. The summed E-state index contributed by atoms with van der Waals surface area (Å²) in [5.74, 6) is 0.344. The van der Waals surface area contributed by atoms with Gasteiger partial charge in [0.2, 0.25) is 0 Å². The molecule has 150 valence electrons. The number of benzene rings is 1. The Kier molecular flexibility index (Phi) is 5.65. The summed E-state index contributed by atoms with van der Waals surface area (Å²) in [4.78, 5) is 14.7. The van der Waals surface area contributed by atoms with Crippen molar-refractivity contribution in [1.82, 2.24) is 15.5 Å². The summed E-state index contributed by atoms with van der Waals surface area (Å²) in [7, 11) is 0. The Labute approximate surface area is 170 Å². The molecule has 3 rings (SSSR count). The van der Waals surface area contributed by atoms with E-state index in [0.29, 0.717) is 36.9 Å². The smallest absolute Gasteiger partial charge is 0.408 e. The monoisotopic (exact) mass is 403 g/mol. The van der Waals surface area contributed by atoms with Crippen LogP contribution in [0, 0.1) is 0 Å². The summed E-state index contributed by atoms with van der Waals surface area (Å²) in [6, 6.07) is 11.7. The lowest BCUT2D eigenvalue weighted by atomic mass is 9.81. The van der Waals surface area contributed by atoms with Gasteiger partial charge in [-0.25, -0.2) is 4.79 Å². The van der Waals surface area contributed by atoms with Gasteiger partial charge in [-0.3, -0.25) is 0 Å². The van der Waals surface area contributed by atoms with Crippen molar-refractivity contribution >= 4 is 29.2 Å². The van der Waals surface area contributed by atoms with Crippen molar-refractivity contribution in [3.63, 3.8) is 0 Å². The van der Waals surface area contributed by atoms with Gasteiger partial charge in [0.25, 0.3) is 0 Å². The number of amides is 1. The number of nitrogen functional groups attached to an aromatic ring is 1. The second kappa shape index (κ2) is 7.83. The zero-order valence-corrected chi connectivity index (χ0v) is 17.2. The summed E-state index contributed by atoms with van der Waals surface area (Å²) in [6.45, 7) is 6.92. The Morgan fingerprint density at radius 2 is 1.86 bits per heavy atom. The van der Waals surface area contributed by atoms with Crippen molar-refractivity contribution in [2.75, 3.05) is 23.7 Å². The van der Waals surface area contributed by atoms with E-state index >= 15 is 0 Å². The van der Waals surface area contributed by atoms with Gasteiger partial charge in [0.05, 0.1) is 11.2 Å². The van der Waals surface area contributed by atoms with Crippen LogP contribution in [-0.2, 0) is 10.3 Å². The van der Waals surface area contributed by atoms with E-state index in [9.17, 15) is 4.79 Å². The molecule has 1 amide bonds. The van der Waals surface area contributed by atoms with E-state index in [2.05, 4.69) is 20.4 Å². The van der Waals surface area contributed by atoms with Crippen molar-refractivity contribution in [2.45, 2.75) is 44.8 Å². The fourth-order valence-corrected chi connectivity index (χ4v) is 3.63. The van der Waals surface area contributed by atoms with Crippen LogP contribution in [0.3, 0.4) is 0 Å². The summed E-state index contributed by atoms with van der Waals surface area (Å²) in [5.41, 5.74) is 6.73. The molecule has 1 aromatic heterocycles. The average molecular weight is 404 g/mol. The first-order valence-corrected chi connectivity index (χ1v) is 9.67. The molecule has 0 unspecified atom stereocenters. The topological polar surface area (TPSA) is 93.4 Å². The third-order valence-corrected chi connectivity index (χ3v) is 4.98. The fourth-order valence-electron chi connectivity index (χ4n) is 3.49. The first-order valence-electron chi connectivity index (χ1n) is 9.29. The molecular weight excluding hydrogens is 378 g/mol. The number of alkyl carbamates (subject to hydrolysis) is 1. The largest absolute Gasteiger partial charge is 0.444 e. The molecule has 1 aliphatic rings. The van der Waals surface area contributed by atoms with Crippen LogP contribution < -0.4 is 16.0 Å². The highest BCUT2D eigenvalue weighted by molar-refractivity contribution is 6.29. The van der Waals surface area contributed by atoms with Gasteiger partial charge in [-0.15, -0.1) is 10.2 Å². The van der Waals surface area contributed by atoms with Gasteiger partial charge < -0.3 is 20.7 Å². The Hall–Kier alpha value is -2.54. The van der Waals surface area contributed by atoms with Crippen LogP contribution in [0.25, 0.3) is 0 Å². The van der Waals surface area contributed by atoms with Gasteiger partial charge in [-0.1, -0.05) is 41.9 Å². The summed E-state index contributed by atoms with van der Waals surface area (Å²) in [6.07, 6.45) is 0.962. The summed E-state index contributed by atoms with van der Waals surface area (Å²) < 4.78 is 5.51. The number of hydrogen-bond donors (Lipinski definition) is 2. The van der Waals surface area contributed by atoms with Crippen LogP contribution in [0.4, 0.5) is 16.3 Å². The number of nitrogens with one attached hydrogen (secondary N) is 1. The van der Waals surface area contributed by atoms with Crippen molar-refractivity contribution in [2.24, 2.45) is 0 Å². The first-order chi connectivity index (χ1) is 13.2. The predicted octanol–water partition coefficient (Wildman–Crippen LogP) is 3.73. The molecule has 3 N–H and O–H groups in total. The molecule has 1 aliphatic heterocycles. The Morgan fingerprint density at radius 1 is 1.21 bits per heavy atom. The van der Waals surface area contributed by atoms with E-state index < -0.39 is 17.2 Å². The molecule has 0 spiro atoms. The summed E-state index contributed by atoms with van der Waals surface area (Å²) >= 11 is 5.99. The van der Waals surface area contributed by atoms with Gasteiger partial charge in [0, 0.05) is 19.2 Å². The van der Waals surface area contributed by atoms with E-state index in [0.717, 1.165) is 11.3 Å². The van der Waals surface area contributed by atoms with E-state index in [1.165, 1.54) is 0 Å². The minimum Gasteiger partial charge on any atom is -0.444 e. The Morgan fingerprint density at radius 3 is 2.46 bits per heavy atom. The highest BCUT2D eigenvalue weighted by Crippen LogP contribution is 2.36. The predicted molar refractivity (Wildman–Crippen MR) is 110 cm³/mol. The number of rotatable bonds is 3. The molecule has 8 heteroatoms. The number of anilines is 2. The number of aromatic nitrogens is 2. The normalized spacial score (nSPS) is 16.5. The molecule has 1 saturated heterocycles. The van der Waals surface area contributed by atoms with Crippen LogP contribution in [-0.4, -0.2) is 35.0 Å². The molecular formula is C20H26ClN5O2. The maximum absolute atomic E-state index is 12.6. The fraction of sp³-hybridized carbons (Fsp3) is 0.450. The quantitative estimate of drug-likeness (QED) is 0.810. The molecule has 2 aromatic rings. The van der Waals surface area contributed by atoms with Crippen molar-refractivity contribution in [3.8, 4) is 0 Å². The third-order valence-electron chi connectivity index (χ3n) is 4.80. The second-order valence-electron chi connectivity index (χ2n) is 8.00. The Bertz CT molecular complexity index is 830. The lowest BCUT2D eigenvalue weighted by Crippen LogP contribution is -2.54. The zero-order chi connectivity index (χ0) is 20.4. The highest BCUT2D eigenvalue weighted by Gasteiger charge is 2.39. The van der Waals surface area contributed by atoms with Gasteiger partial charge in [0.15, 0.2) is 11.0 Å². The molecule has 0 atom stereocenters. The molecule has 28 heavy (non-hydrogen) atoms. The molecule has 7 nitrogen and oxygen atoms in total. The van der Waals surface area contributed by atoms with Crippen molar-refractivity contribution < 1.29 is 9.53 Å². The minimum atomic E-state index is -0.559. The average Bonchev–Trinajstić information content (AvgIpc) is 2.63. The number of carbonyl (C=O) groups is 1. The van der Waals surface area contributed by atoms with Crippen molar-refractivity contribution in [3.05, 3.63) is 47.1 Å². The number of hydrogen-bond acceptors (Lipinski definition) is 6. The van der Waals surface area contributed by atoms with Gasteiger partial charge in [-0.2, -0.15) is 0 Å².